The number of nitrogens with two attached hydrogens (primary N) is 1. The second-order valence-corrected chi connectivity index (χ2v) is 4.88. The number of carbonyl (C=O) groups excluding carboxylic acids is 1. The van der Waals surface area contributed by atoms with Gasteiger partial charge in [0.2, 0.25) is 0 Å². The summed E-state index contributed by atoms with van der Waals surface area (Å²) in [7, 11) is 1.48. The molecule has 0 spiro atoms. The Labute approximate surface area is 126 Å². The summed E-state index contributed by atoms with van der Waals surface area (Å²) in [6, 6.07) is 9.64. The van der Waals surface area contributed by atoms with Crippen molar-refractivity contribution in [2.24, 2.45) is 0 Å². The lowest BCUT2D eigenvalue weighted by Crippen LogP contribution is -2.13. The van der Waals surface area contributed by atoms with Gasteiger partial charge < -0.3 is 15.8 Å². The summed E-state index contributed by atoms with van der Waals surface area (Å²) in [5.74, 6) is 0.0643. The molecule has 0 bridgehead atoms. The highest BCUT2D eigenvalue weighted by atomic mass is 35.5. The van der Waals surface area contributed by atoms with Crippen LogP contribution in [0.3, 0.4) is 0 Å². The number of nitrogens with one attached hydrogen (secondary N) is 1. The number of benzene rings is 2. The Morgan fingerprint density at radius 1 is 1.20 bits per heavy atom. The Balaban J connectivity index is 2.30. The second kappa shape index (κ2) is 6.03. The van der Waals surface area contributed by atoms with Crippen LogP contribution >= 0.6 is 23.2 Å². The Kier molecular flexibility index (Phi) is 4.37. The lowest BCUT2D eigenvalue weighted by molar-refractivity contribution is 0.102. The first-order valence-corrected chi connectivity index (χ1v) is 6.47. The standard InChI is InChI=1S/C14H12Cl2N2O2/c1-20-13-5-2-8(15)6-10(13)14(19)18-12-4-3-9(17)7-11(12)16/h2-7H,17H2,1H3,(H,18,19). The number of halogens is 2. The monoisotopic (exact) mass is 310 g/mol. The zero-order valence-corrected chi connectivity index (χ0v) is 12.1. The van der Waals surface area contributed by atoms with Crippen molar-refractivity contribution in [1.29, 1.82) is 0 Å². The van der Waals surface area contributed by atoms with E-state index in [2.05, 4.69) is 5.32 Å². The van der Waals surface area contributed by atoms with E-state index in [1.807, 2.05) is 0 Å². The molecule has 0 fully saturated rings. The van der Waals surface area contributed by atoms with Gasteiger partial charge in [0, 0.05) is 10.7 Å². The largest absolute Gasteiger partial charge is 0.496 e. The number of hydrogen-bond donors (Lipinski definition) is 2. The number of rotatable bonds is 3. The number of anilines is 2. The van der Waals surface area contributed by atoms with Crippen LogP contribution in [0, 0.1) is 0 Å². The van der Waals surface area contributed by atoms with Crippen LogP contribution in [-0.4, -0.2) is 13.0 Å². The molecule has 0 heterocycles. The number of carbonyl (C=O) groups is 1. The van der Waals surface area contributed by atoms with Gasteiger partial charge in [0.05, 0.1) is 23.4 Å². The van der Waals surface area contributed by atoms with E-state index in [0.29, 0.717) is 32.7 Å². The predicted molar refractivity (Wildman–Crippen MR) is 81.8 cm³/mol. The molecule has 20 heavy (non-hydrogen) atoms. The minimum absolute atomic E-state index is 0.327. The van der Waals surface area contributed by atoms with Crippen LogP contribution < -0.4 is 15.8 Å². The van der Waals surface area contributed by atoms with Gasteiger partial charge in [-0.3, -0.25) is 4.79 Å². The van der Waals surface area contributed by atoms with Gasteiger partial charge >= 0.3 is 0 Å². The summed E-state index contributed by atoms with van der Waals surface area (Å²) in [6.45, 7) is 0. The number of nitrogen functional groups attached to an aromatic ring is 1. The van der Waals surface area contributed by atoms with Gasteiger partial charge in [0.1, 0.15) is 5.75 Å². The normalized spacial score (nSPS) is 10.2. The first kappa shape index (κ1) is 14.5. The van der Waals surface area contributed by atoms with Crippen LogP contribution in [0.1, 0.15) is 10.4 Å². The van der Waals surface area contributed by atoms with Crippen molar-refractivity contribution < 1.29 is 9.53 Å². The first-order chi connectivity index (χ1) is 9.51. The highest BCUT2D eigenvalue weighted by molar-refractivity contribution is 6.34. The molecular weight excluding hydrogens is 299 g/mol. The van der Waals surface area contributed by atoms with Gasteiger partial charge in [0.15, 0.2) is 0 Å². The van der Waals surface area contributed by atoms with Gasteiger partial charge in [-0.1, -0.05) is 23.2 Å². The molecule has 0 saturated heterocycles. The fraction of sp³-hybridized carbons (Fsp3) is 0.0714. The topological polar surface area (TPSA) is 64.3 Å². The van der Waals surface area contributed by atoms with Crippen LogP contribution in [-0.2, 0) is 0 Å². The summed E-state index contributed by atoms with van der Waals surface area (Å²) in [4.78, 5) is 12.2. The van der Waals surface area contributed by atoms with Gasteiger partial charge in [-0.05, 0) is 36.4 Å². The minimum Gasteiger partial charge on any atom is -0.496 e. The molecule has 4 nitrogen and oxygen atoms in total. The molecule has 0 saturated carbocycles. The van der Waals surface area contributed by atoms with Crippen LogP contribution in [0.5, 0.6) is 5.75 Å². The predicted octanol–water partition coefficient (Wildman–Crippen LogP) is 3.84. The summed E-state index contributed by atoms with van der Waals surface area (Å²) < 4.78 is 5.14. The third kappa shape index (κ3) is 3.15. The Morgan fingerprint density at radius 2 is 1.95 bits per heavy atom. The Morgan fingerprint density at radius 3 is 2.60 bits per heavy atom. The molecule has 0 unspecified atom stereocenters. The van der Waals surface area contributed by atoms with Gasteiger partial charge in [-0.15, -0.1) is 0 Å². The smallest absolute Gasteiger partial charge is 0.259 e. The molecule has 6 heteroatoms. The van der Waals surface area contributed by atoms with Crippen molar-refractivity contribution in [2.75, 3.05) is 18.2 Å². The third-order valence-corrected chi connectivity index (χ3v) is 3.20. The maximum absolute atomic E-state index is 12.2. The fourth-order valence-corrected chi connectivity index (χ4v) is 2.09. The zero-order valence-electron chi connectivity index (χ0n) is 10.6. The van der Waals surface area contributed by atoms with Crippen LogP contribution in [0.25, 0.3) is 0 Å². The summed E-state index contributed by atoms with van der Waals surface area (Å²) in [5, 5.41) is 3.49. The van der Waals surface area contributed by atoms with E-state index < -0.39 is 0 Å². The molecule has 0 aromatic heterocycles. The van der Waals surface area contributed by atoms with E-state index in [9.17, 15) is 4.79 Å². The Bertz CT molecular complexity index is 660. The lowest BCUT2D eigenvalue weighted by Gasteiger charge is -2.11. The van der Waals surface area contributed by atoms with Gasteiger partial charge in [-0.2, -0.15) is 0 Å². The Hall–Kier alpha value is -1.91. The lowest BCUT2D eigenvalue weighted by atomic mass is 10.1. The van der Waals surface area contributed by atoms with Gasteiger partial charge in [-0.25, -0.2) is 0 Å². The van der Waals surface area contributed by atoms with Crippen molar-refractivity contribution in [2.45, 2.75) is 0 Å². The quantitative estimate of drug-likeness (QED) is 0.847. The molecule has 2 rings (SSSR count). The summed E-state index contributed by atoms with van der Waals surface area (Å²) >= 11 is 11.9. The highest BCUT2D eigenvalue weighted by Gasteiger charge is 2.14. The summed E-state index contributed by atoms with van der Waals surface area (Å²) in [6.07, 6.45) is 0. The van der Waals surface area contributed by atoms with E-state index in [1.165, 1.54) is 13.2 Å². The van der Waals surface area contributed by atoms with Gasteiger partial charge in [0.25, 0.3) is 5.91 Å². The molecule has 0 atom stereocenters. The van der Waals surface area contributed by atoms with Crippen molar-refractivity contribution in [3.8, 4) is 5.75 Å². The van der Waals surface area contributed by atoms with E-state index >= 15 is 0 Å². The van der Waals surface area contributed by atoms with Crippen molar-refractivity contribution in [3.63, 3.8) is 0 Å². The third-order valence-electron chi connectivity index (χ3n) is 2.65. The number of hydrogen-bond acceptors (Lipinski definition) is 3. The molecule has 1 amide bonds. The average Bonchev–Trinajstić information content (AvgIpc) is 2.41. The molecule has 3 N–H and O–H groups in total. The van der Waals surface area contributed by atoms with E-state index in [4.69, 9.17) is 33.7 Å². The number of ether oxygens (including phenoxy) is 1. The average molecular weight is 311 g/mol. The van der Waals surface area contributed by atoms with Crippen molar-refractivity contribution in [1.82, 2.24) is 0 Å². The molecule has 2 aromatic rings. The van der Waals surface area contributed by atoms with Crippen LogP contribution in [0.15, 0.2) is 36.4 Å². The molecule has 0 radical (unpaired) electrons. The molecule has 0 aliphatic heterocycles. The summed E-state index contributed by atoms with van der Waals surface area (Å²) in [5.41, 5.74) is 6.91. The van der Waals surface area contributed by atoms with Crippen LogP contribution in [0.2, 0.25) is 10.0 Å². The highest BCUT2D eigenvalue weighted by Crippen LogP contribution is 2.27. The SMILES string of the molecule is COc1ccc(Cl)cc1C(=O)Nc1ccc(N)cc1Cl. The fourth-order valence-electron chi connectivity index (χ4n) is 1.68. The maximum atomic E-state index is 12.2. The van der Waals surface area contributed by atoms with Crippen molar-refractivity contribution >= 4 is 40.5 Å². The van der Waals surface area contributed by atoms with Crippen molar-refractivity contribution in [3.05, 3.63) is 52.0 Å². The molecule has 0 aliphatic rings. The minimum atomic E-state index is -0.365. The zero-order chi connectivity index (χ0) is 14.7. The molecular formula is C14H12Cl2N2O2. The second-order valence-electron chi connectivity index (χ2n) is 4.04. The van der Waals surface area contributed by atoms with Crippen LogP contribution in [0.4, 0.5) is 11.4 Å². The van der Waals surface area contributed by atoms with E-state index in [1.54, 1.807) is 30.3 Å². The first-order valence-electron chi connectivity index (χ1n) is 5.71. The van der Waals surface area contributed by atoms with E-state index in [0.717, 1.165) is 0 Å². The maximum Gasteiger partial charge on any atom is 0.259 e. The number of amides is 1. The molecule has 104 valence electrons. The molecule has 2 aromatic carbocycles. The molecule has 0 aliphatic carbocycles. The van der Waals surface area contributed by atoms with E-state index in [-0.39, 0.29) is 5.91 Å². The number of methoxy groups -OCH3 is 1.